The normalized spacial score (nSPS) is 12.3. The number of carbonyl (C=O) groups is 1. The number of benzene rings is 2. The number of hydrogen-bond acceptors (Lipinski definition) is 2. The molecule has 0 saturated heterocycles. The minimum absolute atomic E-state index is 0.475. The highest BCUT2D eigenvalue weighted by atomic mass is 79.9. The zero-order valence-electron chi connectivity index (χ0n) is 10.5. The van der Waals surface area contributed by atoms with Gasteiger partial charge in [-0.2, -0.15) is 0 Å². The third-order valence-electron chi connectivity index (χ3n) is 2.56. The molecule has 0 spiro atoms. The van der Waals surface area contributed by atoms with E-state index in [1.165, 1.54) is 6.08 Å². The Labute approximate surface area is 131 Å². The molecule has 4 heteroatoms. The zero-order chi connectivity index (χ0) is 14.4. The summed E-state index contributed by atoms with van der Waals surface area (Å²) in [4.78, 5) is 11.7. The van der Waals surface area contributed by atoms with Crippen LogP contribution in [0.3, 0.4) is 0 Å². The topological polar surface area (TPSA) is 26.3 Å². The molecule has 2 rings (SSSR count). The van der Waals surface area contributed by atoms with Gasteiger partial charge in [-0.3, -0.25) is 0 Å². The summed E-state index contributed by atoms with van der Waals surface area (Å²) in [5.41, 5.74) is 0.867. The fraction of sp³-hybridized carbons (Fsp3) is 0.0625. The van der Waals surface area contributed by atoms with Crippen molar-refractivity contribution in [2.24, 2.45) is 0 Å². The van der Waals surface area contributed by atoms with Crippen LogP contribution < -0.4 is 0 Å². The Hall–Kier alpha value is -1.58. The molecular weight excluding hydrogens is 340 g/mol. The van der Waals surface area contributed by atoms with E-state index in [2.05, 4.69) is 15.9 Å². The second-order valence-corrected chi connectivity index (χ2v) is 5.36. The lowest BCUT2D eigenvalue weighted by Crippen LogP contribution is -2.04. The molecule has 2 aromatic carbocycles. The van der Waals surface area contributed by atoms with E-state index >= 15 is 0 Å². The zero-order valence-corrected chi connectivity index (χ0v) is 12.8. The van der Waals surface area contributed by atoms with Crippen molar-refractivity contribution in [2.75, 3.05) is 0 Å². The molecule has 2 nitrogen and oxygen atoms in total. The quantitative estimate of drug-likeness (QED) is 0.443. The maximum atomic E-state index is 11.7. The number of halogens is 2. The Morgan fingerprint density at radius 3 is 2.40 bits per heavy atom. The van der Waals surface area contributed by atoms with Crippen LogP contribution in [0.2, 0.25) is 0 Å². The van der Waals surface area contributed by atoms with E-state index in [1.807, 2.05) is 42.5 Å². The van der Waals surface area contributed by atoms with E-state index in [0.29, 0.717) is 0 Å². The number of alkyl halides is 1. The van der Waals surface area contributed by atoms with Crippen molar-refractivity contribution in [3.63, 3.8) is 0 Å². The van der Waals surface area contributed by atoms with Gasteiger partial charge in [0.1, 0.15) is 0 Å². The van der Waals surface area contributed by atoms with Crippen LogP contribution in [-0.4, -0.2) is 5.97 Å². The van der Waals surface area contributed by atoms with Crippen LogP contribution in [0.4, 0.5) is 0 Å². The fourth-order valence-electron chi connectivity index (χ4n) is 1.55. The van der Waals surface area contributed by atoms with Crippen molar-refractivity contribution in [3.05, 3.63) is 76.3 Å². The number of rotatable bonds is 4. The first kappa shape index (κ1) is 14.8. The van der Waals surface area contributed by atoms with Gasteiger partial charge >= 0.3 is 5.97 Å². The van der Waals surface area contributed by atoms with Gasteiger partial charge in [-0.1, -0.05) is 70.0 Å². The van der Waals surface area contributed by atoms with Gasteiger partial charge in [0, 0.05) is 16.1 Å². The van der Waals surface area contributed by atoms with E-state index in [1.54, 1.807) is 18.2 Å². The first-order valence-corrected chi connectivity index (χ1v) is 7.21. The third-order valence-corrected chi connectivity index (χ3v) is 3.43. The summed E-state index contributed by atoms with van der Waals surface area (Å²) in [5, 5.41) is 0. The smallest absolute Gasteiger partial charge is 0.332 e. The molecule has 0 aliphatic rings. The van der Waals surface area contributed by atoms with Crippen LogP contribution in [-0.2, 0) is 9.53 Å². The van der Waals surface area contributed by atoms with Crippen molar-refractivity contribution in [1.82, 2.24) is 0 Å². The molecule has 0 saturated carbocycles. The molecule has 0 fully saturated rings. The molecule has 0 bridgehead atoms. The van der Waals surface area contributed by atoms with Crippen molar-refractivity contribution in [2.45, 2.75) is 5.56 Å². The highest BCUT2D eigenvalue weighted by molar-refractivity contribution is 9.10. The summed E-state index contributed by atoms with van der Waals surface area (Å²) in [6.07, 6.45) is 3.05. The average Bonchev–Trinajstić information content (AvgIpc) is 2.47. The lowest BCUT2D eigenvalue weighted by Gasteiger charge is -2.09. The Morgan fingerprint density at radius 1 is 1.10 bits per heavy atom. The molecule has 102 valence electrons. The van der Waals surface area contributed by atoms with Gasteiger partial charge in [-0.25, -0.2) is 4.79 Å². The number of ether oxygens (including phenoxy) is 1. The van der Waals surface area contributed by atoms with Crippen molar-refractivity contribution < 1.29 is 9.53 Å². The Balaban J connectivity index is 1.94. The maximum absolute atomic E-state index is 11.7. The molecule has 0 heterocycles. The fourth-order valence-corrected chi connectivity index (χ4v) is 2.05. The third kappa shape index (κ3) is 4.51. The lowest BCUT2D eigenvalue weighted by molar-refractivity contribution is -0.139. The Kier molecular flexibility index (Phi) is 5.39. The van der Waals surface area contributed by atoms with Crippen molar-refractivity contribution in [3.8, 4) is 0 Å². The van der Waals surface area contributed by atoms with Gasteiger partial charge in [0.15, 0.2) is 0 Å². The van der Waals surface area contributed by atoms with E-state index < -0.39 is 11.5 Å². The van der Waals surface area contributed by atoms with Gasteiger partial charge in [0.2, 0.25) is 5.56 Å². The molecule has 0 aliphatic carbocycles. The number of hydrogen-bond donors (Lipinski definition) is 0. The first-order valence-electron chi connectivity index (χ1n) is 5.98. The molecule has 0 aliphatic heterocycles. The van der Waals surface area contributed by atoms with Crippen LogP contribution in [0.1, 0.15) is 16.7 Å². The number of esters is 1. The van der Waals surface area contributed by atoms with Crippen LogP contribution >= 0.6 is 27.5 Å². The highest BCUT2D eigenvalue weighted by Crippen LogP contribution is 2.23. The second-order valence-electron chi connectivity index (χ2n) is 4.05. The Bertz CT molecular complexity index is 594. The monoisotopic (exact) mass is 350 g/mol. The molecule has 20 heavy (non-hydrogen) atoms. The van der Waals surface area contributed by atoms with Gasteiger partial charge < -0.3 is 4.74 Å². The molecule has 0 amide bonds. The van der Waals surface area contributed by atoms with E-state index in [4.69, 9.17) is 16.3 Å². The first-order chi connectivity index (χ1) is 9.65. The van der Waals surface area contributed by atoms with Crippen LogP contribution in [0, 0.1) is 0 Å². The van der Waals surface area contributed by atoms with Gasteiger partial charge in [-0.15, -0.1) is 0 Å². The van der Waals surface area contributed by atoms with Crippen LogP contribution in [0.5, 0.6) is 0 Å². The van der Waals surface area contributed by atoms with Crippen molar-refractivity contribution in [1.29, 1.82) is 0 Å². The summed E-state index contributed by atoms with van der Waals surface area (Å²) in [7, 11) is 0. The molecule has 2 aromatic rings. The van der Waals surface area contributed by atoms with Gasteiger partial charge in [0.25, 0.3) is 0 Å². The van der Waals surface area contributed by atoms with E-state index in [0.717, 1.165) is 15.6 Å². The Morgan fingerprint density at radius 2 is 1.75 bits per heavy atom. The molecule has 0 aromatic heterocycles. The maximum Gasteiger partial charge on any atom is 0.332 e. The molecule has 1 atom stereocenters. The molecular formula is C16H12BrClO2. The van der Waals surface area contributed by atoms with E-state index in [-0.39, 0.29) is 0 Å². The summed E-state index contributed by atoms with van der Waals surface area (Å²) < 4.78 is 6.07. The number of carbonyl (C=O) groups excluding carboxylic acids is 1. The standard InChI is InChI=1S/C16H12BrClO2/c17-14-9-7-13(8-10-14)16(18)20-15(19)11-6-12-4-2-1-3-5-12/h1-11,16H/b11-6+. The minimum Gasteiger partial charge on any atom is -0.438 e. The van der Waals surface area contributed by atoms with E-state index in [9.17, 15) is 4.79 Å². The summed E-state index contributed by atoms with van der Waals surface area (Å²) in [6, 6.07) is 16.8. The lowest BCUT2D eigenvalue weighted by atomic mass is 10.2. The van der Waals surface area contributed by atoms with Crippen LogP contribution in [0.25, 0.3) is 6.08 Å². The SMILES string of the molecule is O=C(/C=C/c1ccccc1)OC(Cl)c1ccc(Br)cc1. The van der Waals surface area contributed by atoms with Gasteiger partial charge in [-0.05, 0) is 23.8 Å². The van der Waals surface area contributed by atoms with Crippen molar-refractivity contribution >= 4 is 39.6 Å². The average molecular weight is 352 g/mol. The molecule has 1 unspecified atom stereocenters. The minimum atomic E-state index is -0.795. The van der Waals surface area contributed by atoms with Crippen LogP contribution in [0.15, 0.2) is 65.1 Å². The second kappa shape index (κ2) is 7.27. The molecule has 0 radical (unpaired) electrons. The summed E-state index contributed by atoms with van der Waals surface area (Å²) in [6.45, 7) is 0. The summed E-state index contributed by atoms with van der Waals surface area (Å²) >= 11 is 9.38. The highest BCUT2D eigenvalue weighted by Gasteiger charge is 2.11. The predicted octanol–water partition coefficient (Wildman–Crippen LogP) is 4.94. The largest absolute Gasteiger partial charge is 0.438 e. The summed E-state index contributed by atoms with van der Waals surface area (Å²) in [5.74, 6) is -0.475. The predicted molar refractivity (Wildman–Crippen MR) is 84.3 cm³/mol. The molecule has 0 N–H and O–H groups in total. The van der Waals surface area contributed by atoms with Gasteiger partial charge in [0.05, 0.1) is 0 Å².